The van der Waals surface area contributed by atoms with Crippen molar-refractivity contribution >= 4 is 28.7 Å². The fourth-order valence-corrected chi connectivity index (χ4v) is 3.42. The van der Waals surface area contributed by atoms with Gasteiger partial charge in [0.1, 0.15) is 11.0 Å². The van der Waals surface area contributed by atoms with Crippen molar-refractivity contribution in [3.63, 3.8) is 0 Å². The van der Waals surface area contributed by atoms with E-state index in [1.807, 2.05) is 43.3 Å². The highest BCUT2D eigenvalue weighted by atomic mass is 32.1. The molecule has 4 rings (SSSR count). The largest absolute Gasteiger partial charge is 0.466 e. The smallest absolute Gasteiger partial charge is 0.313 e. The van der Waals surface area contributed by atoms with Gasteiger partial charge in [-0.1, -0.05) is 12.1 Å². The summed E-state index contributed by atoms with van der Waals surface area (Å²) in [5.74, 6) is 0.778. The van der Waals surface area contributed by atoms with Crippen LogP contribution in [0.25, 0.3) is 11.0 Å². The van der Waals surface area contributed by atoms with Gasteiger partial charge in [-0.05, 0) is 48.7 Å². The van der Waals surface area contributed by atoms with E-state index < -0.39 is 5.92 Å². The molecule has 1 aromatic heterocycles. The van der Waals surface area contributed by atoms with Crippen molar-refractivity contribution in [3.05, 3.63) is 47.5 Å². The zero-order valence-electron chi connectivity index (χ0n) is 13.6. The highest BCUT2D eigenvalue weighted by Crippen LogP contribution is 2.34. The molecular formula is C18H16N2O4S. The Morgan fingerprint density at radius 3 is 2.88 bits per heavy atom. The van der Waals surface area contributed by atoms with Crippen LogP contribution in [0.5, 0.6) is 11.5 Å². The standard InChI is InChI=1S/C18H16N2O4S/c1-2-22-18(21)13(12-4-5-14-15(9-12)20-25-19-14)7-11-3-6-16-17(8-11)24-10-23-16/h3-6,8-9,13H,2,7,10H2,1H3. The predicted molar refractivity (Wildman–Crippen MR) is 93.1 cm³/mol. The average Bonchev–Trinajstić information content (AvgIpc) is 3.27. The Morgan fingerprint density at radius 1 is 1.16 bits per heavy atom. The fourth-order valence-electron chi connectivity index (χ4n) is 2.90. The van der Waals surface area contributed by atoms with E-state index in [1.54, 1.807) is 0 Å². The Morgan fingerprint density at radius 2 is 2.00 bits per heavy atom. The van der Waals surface area contributed by atoms with Gasteiger partial charge in [0.2, 0.25) is 6.79 Å². The lowest BCUT2D eigenvalue weighted by Gasteiger charge is -2.16. The van der Waals surface area contributed by atoms with Crippen molar-refractivity contribution in [3.8, 4) is 11.5 Å². The van der Waals surface area contributed by atoms with Crippen LogP contribution in [-0.2, 0) is 16.0 Å². The van der Waals surface area contributed by atoms with Crippen LogP contribution >= 0.6 is 11.7 Å². The van der Waals surface area contributed by atoms with Crippen LogP contribution in [0.1, 0.15) is 24.0 Å². The molecule has 0 fully saturated rings. The molecule has 0 amide bonds. The molecule has 1 unspecified atom stereocenters. The lowest BCUT2D eigenvalue weighted by Crippen LogP contribution is -2.18. The molecule has 0 aliphatic carbocycles. The highest BCUT2D eigenvalue weighted by molar-refractivity contribution is 7.00. The fraction of sp³-hybridized carbons (Fsp3) is 0.278. The summed E-state index contributed by atoms with van der Waals surface area (Å²) in [5, 5.41) is 0. The van der Waals surface area contributed by atoms with Crippen LogP contribution in [0.15, 0.2) is 36.4 Å². The molecule has 25 heavy (non-hydrogen) atoms. The maximum Gasteiger partial charge on any atom is 0.313 e. The minimum absolute atomic E-state index is 0.230. The summed E-state index contributed by atoms with van der Waals surface area (Å²) in [4.78, 5) is 12.5. The van der Waals surface area contributed by atoms with E-state index in [0.717, 1.165) is 39.6 Å². The first-order valence-corrected chi connectivity index (χ1v) is 8.75. The number of carbonyl (C=O) groups is 1. The molecule has 0 spiro atoms. The lowest BCUT2D eigenvalue weighted by molar-refractivity contribution is -0.144. The van der Waals surface area contributed by atoms with Gasteiger partial charge in [0, 0.05) is 0 Å². The monoisotopic (exact) mass is 356 g/mol. The van der Waals surface area contributed by atoms with E-state index in [-0.39, 0.29) is 12.8 Å². The van der Waals surface area contributed by atoms with Crippen molar-refractivity contribution in [2.75, 3.05) is 13.4 Å². The third kappa shape index (κ3) is 3.15. The van der Waals surface area contributed by atoms with Crippen molar-refractivity contribution in [1.29, 1.82) is 0 Å². The number of fused-ring (bicyclic) bond motifs is 2. The first kappa shape index (κ1) is 15.8. The third-order valence-corrected chi connectivity index (χ3v) is 4.68. The SMILES string of the molecule is CCOC(=O)C(Cc1ccc2c(c1)OCO2)c1ccc2nsnc2c1. The molecule has 1 aliphatic heterocycles. The Balaban J connectivity index is 1.66. The van der Waals surface area contributed by atoms with Gasteiger partial charge in [-0.15, -0.1) is 0 Å². The van der Waals surface area contributed by atoms with Crippen LogP contribution < -0.4 is 9.47 Å². The summed E-state index contributed by atoms with van der Waals surface area (Å²) in [5.41, 5.74) is 3.48. The van der Waals surface area contributed by atoms with Gasteiger partial charge in [0.05, 0.1) is 24.3 Å². The number of ether oxygens (including phenoxy) is 3. The van der Waals surface area contributed by atoms with Crippen LogP contribution in [-0.4, -0.2) is 28.1 Å². The number of rotatable bonds is 5. The Kier molecular flexibility index (Phi) is 4.23. The average molecular weight is 356 g/mol. The van der Waals surface area contributed by atoms with E-state index >= 15 is 0 Å². The molecule has 1 atom stereocenters. The molecule has 2 aromatic carbocycles. The molecule has 0 saturated heterocycles. The van der Waals surface area contributed by atoms with E-state index in [2.05, 4.69) is 8.75 Å². The summed E-state index contributed by atoms with van der Waals surface area (Å²) in [6.07, 6.45) is 0.512. The topological polar surface area (TPSA) is 70.5 Å². The quantitative estimate of drug-likeness (QED) is 0.653. The molecule has 3 aromatic rings. The number of esters is 1. The zero-order chi connectivity index (χ0) is 17.2. The van der Waals surface area contributed by atoms with Gasteiger partial charge < -0.3 is 14.2 Å². The number of hydrogen-bond donors (Lipinski definition) is 0. The Labute approximate surface area is 148 Å². The van der Waals surface area contributed by atoms with Crippen molar-refractivity contribution in [2.45, 2.75) is 19.3 Å². The van der Waals surface area contributed by atoms with Gasteiger partial charge in [-0.2, -0.15) is 8.75 Å². The normalized spacial score (nSPS) is 13.8. The molecule has 1 aliphatic rings. The molecule has 2 heterocycles. The first-order valence-electron chi connectivity index (χ1n) is 8.02. The van der Waals surface area contributed by atoms with Gasteiger partial charge in [-0.25, -0.2) is 0 Å². The summed E-state index contributed by atoms with van der Waals surface area (Å²) in [7, 11) is 0. The van der Waals surface area contributed by atoms with Gasteiger partial charge in [-0.3, -0.25) is 4.79 Å². The number of nitrogens with zero attached hydrogens (tertiary/aromatic N) is 2. The minimum Gasteiger partial charge on any atom is -0.466 e. The molecule has 0 saturated carbocycles. The molecule has 128 valence electrons. The number of aromatic nitrogens is 2. The molecule has 7 heteroatoms. The number of hydrogen-bond acceptors (Lipinski definition) is 7. The minimum atomic E-state index is -0.411. The Bertz CT molecular complexity index is 924. The third-order valence-electron chi connectivity index (χ3n) is 4.13. The lowest BCUT2D eigenvalue weighted by atomic mass is 9.91. The molecule has 0 bridgehead atoms. The van der Waals surface area contributed by atoms with E-state index in [9.17, 15) is 4.79 Å². The maximum atomic E-state index is 12.5. The van der Waals surface area contributed by atoms with Gasteiger partial charge in [0.25, 0.3) is 0 Å². The Hall–Kier alpha value is -2.67. The molecule has 6 nitrogen and oxygen atoms in total. The van der Waals surface area contributed by atoms with Crippen molar-refractivity contribution in [1.82, 2.24) is 8.75 Å². The second kappa shape index (κ2) is 6.68. The van der Waals surface area contributed by atoms with Crippen LogP contribution in [0.2, 0.25) is 0 Å². The molecular weight excluding hydrogens is 340 g/mol. The van der Waals surface area contributed by atoms with E-state index in [4.69, 9.17) is 14.2 Å². The second-order valence-corrected chi connectivity index (χ2v) is 6.24. The van der Waals surface area contributed by atoms with Crippen LogP contribution in [0, 0.1) is 0 Å². The van der Waals surface area contributed by atoms with Crippen molar-refractivity contribution < 1.29 is 19.0 Å². The summed E-state index contributed by atoms with van der Waals surface area (Å²) >= 11 is 1.16. The van der Waals surface area contributed by atoms with Crippen LogP contribution in [0.3, 0.4) is 0 Å². The zero-order valence-corrected chi connectivity index (χ0v) is 14.4. The summed E-state index contributed by atoms with van der Waals surface area (Å²) in [6, 6.07) is 11.4. The predicted octanol–water partition coefficient (Wildman–Crippen LogP) is 3.31. The van der Waals surface area contributed by atoms with E-state index in [1.165, 1.54) is 0 Å². The van der Waals surface area contributed by atoms with Crippen LogP contribution in [0.4, 0.5) is 0 Å². The molecule has 0 N–H and O–H groups in total. The van der Waals surface area contributed by atoms with E-state index in [0.29, 0.717) is 18.8 Å². The van der Waals surface area contributed by atoms with Crippen molar-refractivity contribution in [2.24, 2.45) is 0 Å². The van der Waals surface area contributed by atoms with Gasteiger partial charge >= 0.3 is 5.97 Å². The number of benzene rings is 2. The first-order chi connectivity index (χ1) is 12.2. The highest BCUT2D eigenvalue weighted by Gasteiger charge is 2.24. The summed E-state index contributed by atoms with van der Waals surface area (Å²) in [6.45, 7) is 2.38. The molecule has 0 radical (unpaired) electrons. The second-order valence-electron chi connectivity index (χ2n) is 5.71. The maximum absolute atomic E-state index is 12.5. The van der Waals surface area contributed by atoms with Gasteiger partial charge in [0.15, 0.2) is 11.5 Å². The summed E-state index contributed by atoms with van der Waals surface area (Å²) < 4.78 is 24.5. The number of carbonyl (C=O) groups excluding carboxylic acids is 1.